The van der Waals surface area contributed by atoms with Crippen molar-refractivity contribution in [2.75, 3.05) is 25.2 Å². The summed E-state index contributed by atoms with van der Waals surface area (Å²) in [6, 6.07) is 11.5. The smallest absolute Gasteiger partial charge is 0.238 e. The van der Waals surface area contributed by atoms with Crippen molar-refractivity contribution in [2.45, 2.75) is 11.4 Å². The highest BCUT2D eigenvalue weighted by Gasteiger charge is 2.10. The van der Waals surface area contributed by atoms with Crippen LogP contribution in [0.3, 0.4) is 0 Å². The third-order valence-electron chi connectivity index (χ3n) is 2.80. The molecule has 0 aliphatic heterocycles. The molecule has 0 aliphatic carbocycles. The van der Waals surface area contributed by atoms with Gasteiger partial charge in [-0.15, -0.1) is 11.8 Å². The third kappa shape index (κ3) is 4.15. The van der Waals surface area contributed by atoms with Gasteiger partial charge in [0.25, 0.3) is 0 Å². The number of rotatable bonds is 6. The van der Waals surface area contributed by atoms with E-state index in [1.807, 2.05) is 54.6 Å². The Morgan fingerprint density at radius 3 is 2.80 bits per heavy atom. The van der Waals surface area contributed by atoms with Gasteiger partial charge in [0.15, 0.2) is 0 Å². The molecule has 0 atom stereocenters. The summed E-state index contributed by atoms with van der Waals surface area (Å²) in [5.41, 5.74) is 0.858. The molecular formula is C15H18N2O2S. The van der Waals surface area contributed by atoms with Gasteiger partial charge in [0, 0.05) is 4.90 Å². The van der Waals surface area contributed by atoms with Crippen molar-refractivity contribution in [1.29, 1.82) is 0 Å². The lowest BCUT2D eigenvalue weighted by Crippen LogP contribution is -2.29. The standard InChI is InChI=1S/C15H18N2O2S/c1-17(10-12-6-5-9-19-12)11-15(18)16-13-7-3-4-8-14(13)20-2/h3-9H,10-11H2,1-2H3,(H,16,18). The summed E-state index contributed by atoms with van der Waals surface area (Å²) in [6.07, 6.45) is 3.63. The number of nitrogens with one attached hydrogen (secondary N) is 1. The average Bonchev–Trinajstić information content (AvgIpc) is 2.91. The van der Waals surface area contributed by atoms with Crippen LogP contribution >= 0.6 is 11.8 Å². The van der Waals surface area contributed by atoms with Crippen LogP contribution in [0, 0.1) is 0 Å². The molecule has 1 N–H and O–H groups in total. The number of carbonyl (C=O) groups is 1. The predicted octanol–water partition coefficient (Wildman–Crippen LogP) is 3.07. The van der Waals surface area contributed by atoms with Gasteiger partial charge in [-0.25, -0.2) is 0 Å². The summed E-state index contributed by atoms with van der Waals surface area (Å²) in [4.78, 5) is 15.0. The molecule has 0 saturated heterocycles. The first kappa shape index (κ1) is 14.7. The van der Waals surface area contributed by atoms with E-state index in [1.165, 1.54) is 0 Å². The molecule has 106 valence electrons. The zero-order valence-electron chi connectivity index (χ0n) is 11.6. The minimum Gasteiger partial charge on any atom is -0.468 e. The number of anilines is 1. The van der Waals surface area contributed by atoms with Crippen molar-refractivity contribution in [3.8, 4) is 0 Å². The van der Waals surface area contributed by atoms with E-state index in [4.69, 9.17) is 4.42 Å². The number of amides is 1. The first-order valence-corrected chi connectivity index (χ1v) is 7.55. The van der Waals surface area contributed by atoms with Crippen molar-refractivity contribution in [3.05, 3.63) is 48.4 Å². The molecule has 0 bridgehead atoms. The molecule has 1 heterocycles. The molecule has 20 heavy (non-hydrogen) atoms. The van der Waals surface area contributed by atoms with Gasteiger partial charge in [0.2, 0.25) is 5.91 Å². The lowest BCUT2D eigenvalue weighted by atomic mass is 10.3. The fourth-order valence-electron chi connectivity index (χ4n) is 1.91. The van der Waals surface area contributed by atoms with Crippen molar-refractivity contribution < 1.29 is 9.21 Å². The second-order valence-corrected chi connectivity index (χ2v) is 5.35. The number of likely N-dealkylation sites (N-methyl/N-ethyl adjacent to an activating group) is 1. The maximum atomic E-state index is 12.0. The highest BCUT2D eigenvalue weighted by Crippen LogP contribution is 2.24. The van der Waals surface area contributed by atoms with Gasteiger partial charge in [-0.2, -0.15) is 0 Å². The second kappa shape index (κ2) is 7.17. The van der Waals surface area contributed by atoms with Crippen LogP contribution in [0.2, 0.25) is 0 Å². The van der Waals surface area contributed by atoms with Crippen molar-refractivity contribution >= 4 is 23.4 Å². The molecule has 0 unspecified atom stereocenters. The Morgan fingerprint density at radius 2 is 2.10 bits per heavy atom. The van der Waals surface area contributed by atoms with Crippen molar-refractivity contribution in [3.63, 3.8) is 0 Å². The number of carbonyl (C=O) groups excluding carboxylic acids is 1. The zero-order valence-corrected chi connectivity index (χ0v) is 12.4. The third-order valence-corrected chi connectivity index (χ3v) is 3.60. The van der Waals surface area contributed by atoms with Crippen molar-refractivity contribution in [1.82, 2.24) is 4.90 Å². The van der Waals surface area contributed by atoms with Crippen LogP contribution in [0.5, 0.6) is 0 Å². The highest BCUT2D eigenvalue weighted by atomic mass is 32.2. The Balaban J connectivity index is 1.88. The summed E-state index contributed by atoms with van der Waals surface area (Å²) >= 11 is 1.62. The van der Waals surface area contributed by atoms with E-state index in [0.717, 1.165) is 16.3 Å². The molecule has 1 aromatic carbocycles. The maximum Gasteiger partial charge on any atom is 0.238 e. The Kier molecular flexibility index (Phi) is 5.26. The molecule has 1 aromatic heterocycles. The average molecular weight is 290 g/mol. The van der Waals surface area contributed by atoms with Gasteiger partial charge in [0.1, 0.15) is 5.76 Å². The summed E-state index contributed by atoms with van der Waals surface area (Å²) < 4.78 is 5.26. The van der Waals surface area contributed by atoms with Crippen molar-refractivity contribution in [2.24, 2.45) is 0 Å². The van der Waals surface area contributed by atoms with Crippen LogP contribution in [0.4, 0.5) is 5.69 Å². The van der Waals surface area contributed by atoms with E-state index in [2.05, 4.69) is 5.32 Å². The van der Waals surface area contributed by atoms with Gasteiger partial charge in [-0.1, -0.05) is 12.1 Å². The molecule has 0 saturated carbocycles. The lowest BCUT2D eigenvalue weighted by Gasteiger charge is -2.15. The number of furan rings is 1. The van der Waals surface area contributed by atoms with E-state index < -0.39 is 0 Å². The Morgan fingerprint density at radius 1 is 1.30 bits per heavy atom. The molecule has 0 spiro atoms. The molecule has 2 rings (SSSR count). The van der Waals surface area contributed by atoms with Crippen LogP contribution in [0.15, 0.2) is 52.0 Å². The zero-order chi connectivity index (χ0) is 14.4. The monoisotopic (exact) mass is 290 g/mol. The van der Waals surface area contributed by atoms with E-state index >= 15 is 0 Å². The molecule has 0 radical (unpaired) electrons. The Hall–Kier alpha value is -1.72. The lowest BCUT2D eigenvalue weighted by molar-refractivity contribution is -0.117. The molecule has 1 amide bonds. The van der Waals surface area contributed by atoms with Gasteiger partial charge in [-0.05, 0) is 37.6 Å². The second-order valence-electron chi connectivity index (χ2n) is 4.50. The molecule has 2 aromatic rings. The number of para-hydroxylation sites is 1. The molecule has 0 fully saturated rings. The van der Waals surface area contributed by atoms with Crippen LogP contribution in [-0.4, -0.2) is 30.7 Å². The van der Waals surface area contributed by atoms with Crippen LogP contribution in [0.25, 0.3) is 0 Å². The molecule has 5 heteroatoms. The summed E-state index contributed by atoms with van der Waals surface area (Å²) in [7, 11) is 1.89. The Labute approximate surface area is 123 Å². The van der Waals surface area contributed by atoms with Gasteiger partial charge < -0.3 is 9.73 Å². The maximum absolute atomic E-state index is 12.0. The quantitative estimate of drug-likeness (QED) is 0.831. The predicted molar refractivity (Wildman–Crippen MR) is 81.9 cm³/mol. The van der Waals surface area contributed by atoms with Gasteiger partial charge >= 0.3 is 0 Å². The van der Waals surface area contributed by atoms with Gasteiger partial charge in [0.05, 0.1) is 25.0 Å². The van der Waals surface area contributed by atoms with Gasteiger partial charge in [-0.3, -0.25) is 9.69 Å². The Bertz CT molecular complexity index is 555. The minimum absolute atomic E-state index is 0.0273. The summed E-state index contributed by atoms with van der Waals surface area (Å²) in [5, 5.41) is 2.94. The number of hydrogen-bond donors (Lipinski definition) is 1. The number of benzene rings is 1. The topological polar surface area (TPSA) is 45.5 Å². The number of hydrogen-bond acceptors (Lipinski definition) is 4. The van der Waals surface area contributed by atoms with E-state index in [-0.39, 0.29) is 5.91 Å². The first-order chi connectivity index (χ1) is 9.69. The first-order valence-electron chi connectivity index (χ1n) is 6.33. The molecular weight excluding hydrogens is 272 g/mol. The SMILES string of the molecule is CSc1ccccc1NC(=O)CN(C)Cc1ccco1. The fourth-order valence-corrected chi connectivity index (χ4v) is 2.46. The largest absolute Gasteiger partial charge is 0.468 e. The normalized spacial score (nSPS) is 10.8. The molecule has 4 nitrogen and oxygen atoms in total. The van der Waals surface area contributed by atoms with E-state index in [0.29, 0.717) is 13.1 Å². The minimum atomic E-state index is -0.0273. The van der Waals surface area contributed by atoms with Crippen LogP contribution in [-0.2, 0) is 11.3 Å². The van der Waals surface area contributed by atoms with E-state index in [1.54, 1.807) is 18.0 Å². The van der Waals surface area contributed by atoms with Crippen LogP contribution < -0.4 is 5.32 Å². The fraction of sp³-hybridized carbons (Fsp3) is 0.267. The summed E-state index contributed by atoms with van der Waals surface area (Å²) in [6.45, 7) is 0.939. The van der Waals surface area contributed by atoms with Crippen LogP contribution in [0.1, 0.15) is 5.76 Å². The van der Waals surface area contributed by atoms with E-state index in [9.17, 15) is 4.79 Å². The number of nitrogens with zero attached hydrogens (tertiary/aromatic N) is 1. The summed E-state index contributed by atoms with van der Waals surface area (Å²) in [5.74, 6) is 0.824. The highest BCUT2D eigenvalue weighted by molar-refractivity contribution is 7.98. The molecule has 0 aliphatic rings. The number of thioether (sulfide) groups is 1.